The van der Waals surface area contributed by atoms with E-state index in [1.165, 1.54) is 6.07 Å². The zero-order valence-electron chi connectivity index (χ0n) is 12.0. The van der Waals surface area contributed by atoms with Gasteiger partial charge in [-0.1, -0.05) is 6.92 Å². The standard InChI is InChI=1S/C15H23FN2O2/c1-2-5-20-15-9-14(13(17)8-12(15)16)18-10-11-3-6-19-7-4-11/h8-9,11,18H,2-7,10,17H2,1H3. The molecule has 5 heteroatoms. The smallest absolute Gasteiger partial charge is 0.167 e. The molecule has 2 rings (SSSR count). The zero-order chi connectivity index (χ0) is 14.4. The van der Waals surface area contributed by atoms with Crippen LogP contribution in [0.2, 0.25) is 0 Å². The Bertz CT molecular complexity index is 434. The lowest BCUT2D eigenvalue weighted by Gasteiger charge is -2.23. The SMILES string of the molecule is CCCOc1cc(NCC2CCOCC2)c(N)cc1F. The number of halogens is 1. The molecule has 0 amide bonds. The summed E-state index contributed by atoms with van der Waals surface area (Å²) in [4.78, 5) is 0. The monoisotopic (exact) mass is 282 g/mol. The Morgan fingerprint density at radius 1 is 1.40 bits per heavy atom. The van der Waals surface area contributed by atoms with Gasteiger partial charge in [-0.15, -0.1) is 0 Å². The van der Waals surface area contributed by atoms with E-state index >= 15 is 0 Å². The number of hydrogen-bond donors (Lipinski definition) is 2. The fourth-order valence-corrected chi connectivity index (χ4v) is 2.25. The molecular formula is C15H23FN2O2. The third kappa shape index (κ3) is 4.00. The zero-order valence-corrected chi connectivity index (χ0v) is 12.0. The third-order valence-corrected chi connectivity index (χ3v) is 3.49. The second-order valence-electron chi connectivity index (χ2n) is 5.15. The van der Waals surface area contributed by atoms with E-state index < -0.39 is 5.82 Å². The molecule has 0 aromatic heterocycles. The van der Waals surface area contributed by atoms with E-state index in [0.29, 0.717) is 18.2 Å². The number of ether oxygens (including phenoxy) is 2. The molecule has 4 nitrogen and oxygen atoms in total. The lowest BCUT2D eigenvalue weighted by molar-refractivity contribution is 0.0699. The Morgan fingerprint density at radius 2 is 2.15 bits per heavy atom. The van der Waals surface area contributed by atoms with E-state index in [4.69, 9.17) is 15.2 Å². The van der Waals surface area contributed by atoms with Crippen LogP contribution in [-0.4, -0.2) is 26.4 Å². The first-order chi connectivity index (χ1) is 9.70. The highest BCUT2D eigenvalue weighted by Crippen LogP contribution is 2.29. The quantitative estimate of drug-likeness (QED) is 0.787. The maximum absolute atomic E-state index is 13.7. The molecule has 0 atom stereocenters. The summed E-state index contributed by atoms with van der Waals surface area (Å²) in [5, 5.41) is 3.30. The molecule has 1 aliphatic heterocycles. The molecule has 112 valence electrons. The fraction of sp³-hybridized carbons (Fsp3) is 0.600. The maximum atomic E-state index is 13.7. The Labute approximate surface area is 119 Å². The third-order valence-electron chi connectivity index (χ3n) is 3.49. The summed E-state index contributed by atoms with van der Waals surface area (Å²) in [6, 6.07) is 2.97. The molecule has 0 saturated carbocycles. The lowest BCUT2D eigenvalue weighted by atomic mass is 10.0. The van der Waals surface area contributed by atoms with Gasteiger partial charge in [0.25, 0.3) is 0 Å². The second-order valence-corrected chi connectivity index (χ2v) is 5.15. The van der Waals surface area contributed by atoms with Crippen molar-refractivity contribution in [2.24, 2.45) is 5.92 Å². The largest absolute Gasteiger partial charge is 0.490 e. The summed E-state index contributed by atoms with van der Waals surface area (Å²) in [6.07, 6.45) is 2.94. The van der Waals surface area contributed by atoms with Crippen LogP contribution in [0.3, 0.4) is 0 Å². The summed E-state index contributed by atoms with van der Waals surface area (Å²) in [7, 11) is 0. The molecule has 1 aromatic carbocycles. The lowest BCUT2D eigenvalue weighted by Crippen LogP contribution is -2.23. The minimum atomic E-state index is -0.410. The van der Waals surface area contributed by atoms with Crippen LogP contribution >= 0.6 is 0 Å². The van der Waals surface area contributed by atoms with Gasteiger partial charge in [-0.25, -0.2) is 4.39 Å². The summed E-state index contributed by atoms with van der Waals surface area (Å²) in [6.45, 7) is 4.94. The predicted molar refractivity (Wildman–Crippen MR) is 78.6 cm³/mol. The molecular weight excluding hydrogens is 259 g/mol. The molecule has 1 aromatic rings. The van der Waals surface area contributed by atoms with Crippen molar-refractivity contribution >= 4 is 11.4 Å². The molecule has 0 radical (unpaired) electrons. The highest BCUT2D eigenvalue weighted by molar-refractivity contribution is 5.68. The van der Waals surface area contributed by atoms with Crippen molar-refractivity contribution in [1.82, 2.24) is 0 Å². The molecule has 0 aliphatic carbocycles. The number of rotatable bonds is 6. The van der Waals surface area contributed by atoms with Crippen molar-refractivity contribution in [1.29, 1.82) is 0 Å². The van der Waals surface area contributed by atoms with Crippen LogP contribution in [0.5, 0.6) is 5.75 Å². The van der Waals surface area contributed by atoms with Crippen molar-refractivity contribution in [3.05, 3.63) is 17.9 Å². The highest BCUT2D eigenvalue weighted by atomic mass is 19.1. The van der Waals surface area contributed by atoms with Crippen molar-refractivity contribution < 1.29 is 13.9 Å². The van der Waals surface area contributed by atoms with Gasteiger partial charge in [-0.05, 0) is 25.2 Å². The van der Waals surface area contributed by atoms with Crippen LogP contribution < -0.4 is 15.8 Å². The van der Waals surface area contributed by atoms with Gasteiger partial charge >= 0.3 is 0 Å². The minimum absolute atomic E-state index is 0.260. The number of nitrogens with two attached hydrogens (primary N) is 1. The van der Waals surface area contributed by atoms with Gasteiger partial charge in [0.15, 0.2) is 11.6 Å². The van der Waals surface area contributed by atoms with E-state index in [9.17, 15) is 4.39 Å². The molecule has 1 fully saturated rings. The topological polar surface area (TPSA) is 56.5 Å². The number of hydrogen-bond acceptors (Lipinski definition) is 4. The normalized spacial score (nSPS) is 16.1. The summed E-state index contributed by atoms with van der Waals surface area (Å²) >= 11 is 0. The number of benzene rings is 1. The average Bonchev–Trinajstić information content (AvgIpc) is 2.46. The molecule has 0 bridgehead atoms. The minimum Gasteiger partial charge on any atom is -0.490 e. The summed E-state index contributed by atoms with van der Waals surface area (Å²) < 4.78 is 24.4. The van der Waals surface area contributed by atoms with Gasteiger partial charge in [0, 0.05) is 31.9 Å². The predicted octanol–water partition coefficient (Wildman–Crippen LogP) is 3.04. The van der Waals surface area contributed by atoms with Crippen molar-refractivity contribution in [2.45, 2.75) is 26.2 Å². The Hall–Kier alpha value is -1.49. The fourth-order valence-electron chi connectivity index (χ4n) is 2.25. The van der Waals surface area contributed by atoms with Crippen LogP contribution in [0, 0.1) is 11.7 Å². The van der Waals surface area contributed by atoms with E-state index in [2.05, 4.69) is 5.32 Å². The first kappa shape index (κ1) is 14.9. The molecule has 0 unspecified atom stereocenters. The van der Waals surface area contributed by atoms with Gasteiger partial charge in [0.05, 0.1) is 18.0 Å². The summed E-state index contributed by atoms with van der Waals surface area (Å²) in [5.41, 5.74) is 7.01. The summed E-state index contributed by atoms with van der Waals surface area (Å²) in [5.74, 6) is 0.427. The van der Waals surface area contributed by atoms with Gasteiger partial charge in [-0.3, -0.25) is 0 Å². The van der Waals surface area contributed by atoms with Crippen LogP contribution in [0.25, 0.3) is 0 Å². The van der Waals surface area contributed by atoms with Crippen molar-refractivity contribution in [3.8, 4) is 5.75 Å². The number of anilines is 2. The molecule has 20 heavy (non-hydrogen) atoms. The van der Waals surface area contributed by atoms with Gasteiger partial charge in [-0.2, -0.15) is 0 Å². The first-order valence-electron chi connectivity index (χ1n) is 7.24. The van der Waals surface area contributed by atoms with Crippen molar-refractivity contribution in [2.75, 3.05) is 37.4 Å². The molecule has 1 heterocycles. The van der Waals surface area contributed by atoms with Gasteiger partial charge < -0.3 is 20.5 Å². The van der Waals surface area contributed by atoms with E-state index in [1.54, 1.807) is 6.07 Å². The average molecular weight is 282 g/mol. The highest BCUT2D eigenvalue weighted by Gasteiger charge is 2.15. The first-order valence-corrected chi connectivity index (χ1v) is 7.24. The second kappa shape index (κ2) is 7.33. The molecule has 1 aliphatic rings. The van der Waals surface area contributed by atoms with Crippen molar-refractivity contribution in [3.63, 3.8) is 0 Å². The van der Waals surface area contributed by atoms with Crippen LogP contribution in [0.1, 0.15) is 26.2 Å². The van der Waals surface area contributed by atoms with Gasteiger partial charge in [0.1, 0.15) is 0 Å². The number of nitrogen functional groups attached to an aromatic ring is 1. The molecule has 1 saturated heterocycles. The van der Waals surface area contributed by atoms with Crippen LogP contribution in [-0.2, 0) is 4.74 Å². The van der Waals surface area contributed by atoms with E-state index in [0.717, 1.165) is 44.7 Å². The van der Waals surface area contributed by atoms with Crippen LogP contribution in [0.4, 0.5) is 15.8 Å². The Balaban J connectivity index is 1.98. The van der Waals surface area contributed by atoms with E-state index in [1.807, 2.05) is 6.92 Å². The Morgan fingerprint density at radius 3 is 2.85 bits per heavy atom. The van der Waals surface area contributed by atoms with Gasteiger partial charge in [0.2, 0.25) is 0 Å². The van der Waals surface area contributed by atoms with Crippen LogP contribution in [0.15, 0.2) is 12.1 Å². The maximum Gasteiger partial charge on any atom is 0.167 e. The molecule has 3 N–H and O–H groups in total. The number of nitrogens with one attached hydrogen (secondary N) is 1. The molecule has 0 spiro atoms. The Kier molecular flexibility index (Phi) is 5.47. The van der Waals surface area contributed by atoms with E-state index in [-0.39, 0.29) is 5.75 Å².